The summed E-state index contributed by atoms with van der Waals surface area (Å²) in [6, 6.07) is 0.550. The molecular formula is C7H9N3O. The molecule has 4 nitrogen and oxygen atoms in total. The normalized spacial score (nSPS) is 13.9. The van der Waals surface area contributed by atoms with Gasteiger partial charge in [0.2, 0.25) is 5.88 Å². The Labute approximate surface area is 64.3 Å². The largest absolute Gasteiger partial charge is 0.407 e. The molecule has 0 aliphatic carbocycles. The van der Waals surface area contributed by atoms with Gasteiger partial charge in [0.05, 0.1) is 0 Å². The maximum Gasteiger partial charge on any atom is 0.296 e. The van der Waals surface area contributed by atoms with E-state index in [-0.39, 0.29) is 0 Å². The smallest absolute Gasteiger partial charge is 0.296 e. The predicted molar refractivity (Wildman–Crippen MR) is 43.6 cm³/mol. The lowest BCUT2D eigenvalue weighted by Crippen LogP contribution is -2.01. The number of nitrogens with zero attached hydrogens (tertiary/aromatic N) is 1. The average Bonchev–Trinajstić information content (AvgIpc) is 2.46. The summed E-state index contributed by atoms with van der Waals surface area (Å²) in [4.78, 5) is 4.14. The molecule has 1 aromatic heterocycles. The van der Waals surface area contributed by atoms with Crippen molar-refractivity contribution in [3.63, 3.8) is 0 Å². The minimum absolute atomic E-state index is 0.550. The molecule has 0 atom stereocenters. The highest BCUT2D eigenvalue weighted by Crippen LogP contribution is 2.23. The van der Waals surface area contributed by atoms with Crippen LogP contribution < -0.4 is 10.6 Å². The first kappa shape index (κ1) is 6.27. The molecule has 2 N–H and O–H groups in total. The number of hydrogen-bond donors (Lipinski definition) is 2. The zero-order chi connectivity index (χ0) is 7.68. The molecule has 0 radical (unpaired) electrons. The molecule has 11 heavy (non-hydrogen) atoms. The molecule has 0 unspecified atom stereocenters. The minimum atomic E-state index is 0.550. The quantitative estimate of drug-likeness (QED) is 0.632. The predicted octanol–water partition coefficient (Wildman–Crippen LogP) is 1.16. The van der Waals surface area contributed by atoms with Crippen molar-refractivity contribution in [1.29, 1.82) is 0 Å². The standard InChI is InChI=1S/C7H9N3O/c1-8-7-10-5-3-2-4-9-6(5)11-7/h2-3,9H,4H2,1H3,(H,8,10). The van der Waals surface area contributed by atoms with E-state index in [1.165, 1.54) is 0 Å². The fraction of sp³-hybridized carbons (Fsp3) is 0.286. The molecule has 4 heteroatoms. The van der Waals surface area contributed by atoms with Gasteiger partial charge < -0.3 is 15.1 Å². The second kappa shape index (κ2) is 2.30. The van der Waals surface area contributed by atoms with Crippen LogP contribution in [0.1, 0.15) is 5.69 Å². The van der Waals surface area contributed by atoms with Gasteiger partial charge in [-0.2, -0.15) is 4.98 Å². The van der Waals surface area contributed by atoms with Gasteiger partial charge in [-0.1, -0.05) is 6.08 Å². The molecule has 0 aromatic carbocycles. The number of rotatable bonds is 1. The molecule has 58 valence electrons. The van der Waals surface area contributed by atoms with E-state index in [9.17, 15) is 0 Å². The van der Waals surface area contributed by atoms with Crippen LogP contribution in [-0.4, -0.2) is 18.6 Å². The van der Waals surface area contributed by atoms with Gasteiger partial charge in [0, 0.05) is 13.6 Å². The Balaban J connectivity index is 2.42. The van der Waals surface area contributed by atoms with Gasteiger partial charge in [-0.3, -0.25) is 0 Å². The van der Waals surface area contributed by atoms with E-state index in [4.69, 9.17) is 4.42 Å². The van der Waals surface area contributed by atoms with Crippen LogP contribution in [0.4, 0.5) is 11.9 Å². The van der Waals surface area contributed by atoms with Crippen LogP contribution >= 0.6 is 0 Å². The molecule has 0 saturated carbocycles. The number of aromatic nitrogens is 1. The summed E-state index contributed by atoms with van der Waals surface area (Å²) in [6.07, 6.45) is 3.94. The highest BCUT2D eigenvalue weighted by molar-refractivity contribution is 5.63. The lowest BCUT2D eigenvalue weighted by atomic mass is 10.3. The minimum Gasteiger partial charge on any atom is -0.407 e. The van der Waals surface area contributed by atoms with Gasteiger partial charge in [0.25, 0.3) is 6.01 Å². The Morgan fingerprint density at radius 2 is 2.64 bits per heavy atom. The lowest BCUT2D eigenvalue weighted by molar-refractivity contribution is 0.588. The lowest BCUT2D eigenvalue weighted by Gasteiger charge is -2.02. The summed E-state index contributed by atoms with van der Waals surface area (Å²) < 4.78 is 5.27. The van der Waals surface area contributed by atoms with Gasteiger partial charge in [-0.25, -0.2) is 0 Å². The van der Waals surface area contributed by atoms with E-state index >= 15 is 0 Å². The van der Waals surface area contributed by atoms with Crippen molar-refractivity contribution in [1.82, 2.24) is 4.98 Å². The topological polar surface area (TPSA) is 50.1 Å². The van der Waals surface area contributed by atoms with E-state index in [1.54, 1.807) is 7.05 Å². The van der Waals surface area contributed by atoms with Crippen LogP contribution in [0.5, 0.6) is 0 Å². The van der Waals surface area contributed by atoms with E-state index in [2.05, 4.69) is 15.6 Å². The number of hydrogen-bond acceptors (Lipinski definition) is 4. The third-order valence-corrected chi connectivity index (χ3v) is 1.52. The zero-order valence-corrected chi connectivity index (χ0v) is 6.22. The van der Waals surface area contributed by atoms with Crippen LogP contribution in [0.2, 0.25) is 0 Å². The summed E-state index contributed by atoms with van der Waals surface area (Å²) in [6.45, 7) is 0.811. The Morgan fingerprint density at radius 3 is 3.36 bits per heavy atom. The molecule has 2 heterocycles. The number of nitrogens with one attached hydrogen (secondary N) is 2. The van der Waals surface area contributed by atoms with Crippen molar-refractivity contribution < 1.29 is 4.42 Å². The van der Waals surface area contributed by atoms with Crippen LogP contribution in [0.15, 0.2) is 10.5 Å². The zero-order valence-electron chi connectivity index (χ0n) is 6.22. The first-order chi connectivity index (χ1) is 5.40. The molecule has 0 saturated heterocycles. The maximum absolute atomic E-state index is 5.27. The highest BCUT2D eigenvalue weighted by atomic mass is 16.4. The summed E-state index contributed by atoms with van der Waals surface area (Å²) in [5.74, 6) is 0.747. The molecular weight excluding hydrogens is 142 g/mol. The van der Waals surface area contributed by atoms with Crippen molar-refractivity contribution in [3.05, 3.63) is 11.8 Å². The van der Waals surface area contributed by atoms with Gasteiger partial charge in [0.15, 0.2) is 0 Å². The summed E-state index contributed by atoms with van der Waals surface area (Å²) >= 11 is 0. The SMILES string of the molecule is CNc1nc2c(o1)NCC=C2. The first-order valence-corrected chi connectivity index (χ1v) is 3.49. The van der Waals surface area contributed by atoms with Crippen LogP contribution in [0.25, 0.3) is 6.08 Å². The number of anilines is 2. The highest BCUT2D eigenvalue weighted by Gasteiger charge is 2.10. The van der Waals surface area contributed by atoms with Crippen molar-refractivity contribution in [3.8, 4) is 0 Å². The van der Waals surface area contributed by atoms with Crippen LogP contribution in [-0.2, 0) is 0 Å². The Hall–Kier alpha value is -1.45. The van der Waals surface area contributed by atoms with E-state index < -0.39 is 0 Å². The monoisotopic (exact) mass is 151 g/mol. The van der Waals surface area contributed by atoms with Gasteiger partial charge in [-0.15, -0.1) is 0 Å². The molecule has 0 fully saturated rings. The third kappa shape index (κ3) is 0.960. The van der Waals surface area contributed by atoms with Crippen molar-refractivity contribution in [2.75, 3.05) is 24.2 Å². The fourth-order valence-electron chi connectivity index (χ4n) is 1.00. The molecule has 0 amide bonds. The molecule has 1 aliphatic rings. The second-order valence-electron chi connectivity index (χ2n) is 2.27. The Morgan fingerprint density at radius 1 is 1.73 bits per heavy atom. The molecule has 1 aromatic rings. The van der Waals surface area contributed by atoms with E-state index in [1.807, 2.05) is 12.2 Å². The fourth-order valence-corrected chi connectivity index (χ4v) is 1.00. The first-order valence-electron chi connectivity index (χ1n) is 3.49. The average molecular weight is 151 g/mol. The number of oxazole rings is 1. The summed E-state index contributed by atoms with van der Waals surface area (Å²) in [5, 5.41) is 5.89. The van der Waals surface area contributed by atoms with Crippen molar-refractivity contribution >= 4 is 18.0 Å². The van der Waals surface area contributed by atoms with Crippen LogP contribution in [0.3, 0.4) is 0 Å². The van der Waals surface area contributed by atoms with E-state index in [0.717, 1.165) is 18.1 Å². The van der Waals surface area contributed by atoms with Crippen LogP contribution in [0, 0.1) is 0 Å². The van der Waals surface area contributed by atoms with Gasteiger partial charge in [-0.05, 0) is 6.08 Å². The Kier molecular flexibility index (Phi) is 1.31. The number of fused-ring (bicyclic) bond motifs is 1. The second-order valence-corrected chi connectivity index (χ2v) is 2.27. The van der Waals surface area contributed by atoms with Gasteiger partial charge >= 0.3 is 0 Å². The maximum atomic E-state index is 5.27. The van der Waals surface area contributed by atoms with Crippen molar-refractivity contribution in [2.24, 2.45) is 0 Å². The molecule has 2 rings (SSSR count). The third-order valence-electron chi connectivity index (χ3n) is 1.52. The van der Waals surface area contributed by atoms with E-state index in [0.29, 0.717) is 6.01 Å². The van der Waals surface area contributed by atoms with Gasteiger partial charge in [0.1, 0.15) is 5.69 Å². The Bertz CT molecular complexity index is 290. The molecule has 0 bridgehead atoms. The summed E-state index contributed by atoms with van der Waals surface area (Å²) in [5.41, 5.74) is 0.862. The van der Waals surface area contributed by atoms with Crippen molar-refractivity contribution in [2.45, 2.75) is 0 Å². The summed E-state index contributed by atoms with van der Waals surface area (Å²) in [7, 11) is 1.78. The molecule has 0 spiro atoms. The molecule has 1 aliphatic heterocycles.